The van der Waals surface area contributed by atoms with Gasteiger partial charge in [0.1, 0.15) is 12.4 Å². The Morgan fingerprint density at radius 3 is 2.64 bits per heavy atom. The first-order valence-corrected chi connectivity index (χ1v) is 8.75. The third-order valence-electron chi connectivity index (χ3n) is 3.43. The van der Waals surface area contributed by atoms with Gasteiger partial charge >= 0.3 is 0 Å². The van der Waals surface area contributed by atoms with E-state index in [0.29, 0.717) is 37.1 Å². The van der Waals surface area contributed by atoms with Gasteiger partial charge in [-0.05, 0) is 48.0 Å². The van der Waals surface area contributed by atoms with Crippen LogP contribution in [0.25, 0.3) is 0 Å². The first-order chi connectivity index (χ1) is 10.5. The van der Waals surface area contributed by atoms with Gasteiger partial charge < -0.3 is 14.2 Å². The maximum Gasteiger partial charge on any atom is 0.133 e. The maximum absolute atomic E-state index is 5.89. The lowest BCUT2D eigenvalue weighted by Crippen LogP contribution is -2.46. The smallest absolute Gasteiger partial charge is 0.133 e. The SMILES string of the molecule is C[C@@H]1CN(CCOCCOc2ccc(Cl)cc2Br)C[C@@H](C)O1. The van der Waals surface area contributed by atoms with Crippen LogP contribution >= 0.6 is 27.5 Å². The normalized spacial score (nSPS) is 22.7. The van der Waals surface area contributed by atoms with Gasteiger partial charge in [0.2, 0.25) is 0 Å². The van der Waals surface area contributed by atoms with Crippen molar-refractivity contribution in [3.05, 3.63) is 27.7 Å². The van der Waals surface area contributed by atoms with Crippen molar-refractivity contribution in [2.75, 3.05) is 39.5 Å². The Morgan fingerprint density at radius 2 is 1.95 bits per heavy atom. The van der Waals surface area contributed by atoms with Crippen molar-refractivity contribution >= 4 is 27.5 Å². The van der Waals surface area contributed by atoms with Crippen LogP contribution in [0.4, 0.5) is 0 Å². The quantitative estimate of drug-likeness (QED) is 0.663. The zero-order valence-corrected chi connectivity index (χ0v) is 15.4. The molecule has 0 spiro atoms. The molecular formula is C16H23BrClNO3. The molecule has 0 amide bonds. The van der Waals surface area contributed by atoms with Crippen LogP contribution in [-0.4, -0.2) is 56.6 Å². The van der Waals surface area contributed by atoms with E-state index in [1.54, 1.807) is 0 Å². The molecule has 6 heteroatoms. The van der Waals surface area contributed by atoms with Crippen molar-refractivity contribution < 1.29 is 14.2 Å². The second-order valence-corrected chi connectivity index (χ2v) is 6.84. The van der Waals surface area contributed by atoms with Gasteiger partial charge in [-0.2, -0.15) is 0 Å². The molecule has 0 N–H and O–H groups in total. The molecule has 0 unspecified atom stereocenters. The molecule has 2 rings (SSSR count). The molecule has 1 aliphatic rings. The van der Waals surface area contributed by atoms with E-state index >= 15 is 0 Å². The maximum atomic E-state index is 5.89. The van der Waals surface area contributed by atoms with Crippen LogP contribution < -0.4 is 4.74 Å². The molecule has 1 saturated heterocycles. The number of nitrogens with zero attached hydrogens (tertiary/aromatic N) is 1. The molecule has 22 heavy (non-hydrogen) atoms. The average molecular weight is 393 g/mol. The van der Waals surface area contributed by atoms with Crippen LogP contribution in [0.1, 0.15) is 13.8 Å². The Kier molecular flexibility index (Phi) is 7.44. The first kappa shape index (κ1) is 18.0. The highest BCUT2D eigenvalue weighted by Gasteiger charge is 2.21. The fraction of sp³-hybridized carbons (Fsp3) is 0.625. The number of morpholine rings is 1. The summed E-state index contributed by atoms with van der Waals surface area (Å²) in [6, 6.07) is 5.48. The van der Waals surface area contributed by atoms with E-state index in [9.17, 15) is 0 Å². The lowest BCUT2D eigenvalue weighted by atomic mass is 10.2. The van der Waals surface area contributed by atoms with E-state index in [2.05, 4.69) is 34.7 Å². The highest BCUT2D eigenvalue weighted by molar-refractivity contribution is 9.10. The standard InChI is InChI=1S/C16H23BrClNO3/c1-12-10-19(11-13(2)22-12)5-6-20-7-8-21-16-4-3-14(18)9-15(16)17/h3-4,9,12-13H,5-8,10-11H2,1-2H3/t12-,13-/m1/s1. The van der Waals surface area contributed by atoms with Gasteiger partial charge in [0.15, 0.2) is 0 Å². The van der Waals surface area contributed by atoms with Crippen LogP contribution in [0.5, 0.6) is 5.75 Å². The number of ether oxygens (including phenoxy) is 3. The van der Waals surface area contributed by atoms with Crippen LogP contribution in [-0.2, 0) is 9.47 Å². The average Bonchev–Trinajstić information content (AvgIpc) is 2.43. The molecule has 0 aliphatic carbocycles. The van der Waals surface area contributed by atoms with Crippen LogP contribution in [0.3, 0.4) is 0 Å². The zero-order valence-electron chi connectivity index (χ0n) is 13.1. The van der Waals surface area contributed by atoms with E-state index in [4.69, 9.17) is 25.8 Å². The summed E-state index contributed by atoms with van der Waals surface area (Å²) in [5.74, 6) is 0.781. The second kappa shape index (κ2) is 9.08. The summed E-state index contributed by atoms with van der Waals surface area (Å²) >= 11 is 9.31. The monoisotopic (exact) mass is 391 g/mol. The lowest BCUT2D eigenvalue weighted by molar-refractivity contribution is -0.0734. The Labute approximate surface area is 145 Å². The van der Waals surface area contributed by atoms with Gasteiger partial charge in [-0.1, -0.05) is 11.6 Å². The third kappa shape index (κ3) is 6.05. The van der Waals surface area contributed by atoms with Crippen molar-refractivity contribution in [3.63, 3.8) is 0 Å². The van der Waals surface area contributed by atoms with Gasteiger partial charge in [-0.15, -0.1) is 0 Å². The molecule has 1 aliphatic heterocycles. The molecule has 0 bridgehead atoms. The Balaban J connectivity index is 1.57. The summed E-state index contributed by atoms with van der Waals surface area (Å²) in [7, 11) is 0. The van der Waals surface area contributed by atoms with Crippen LogP contribution in [0.2, 0.25) is 5.02 Å². The number of rotatable bonds is 7. The first-order valence-electron chi connectivity index (χ1n) is 7.58. The van der Waals surface area contributed by atoms with E-state index in [0.717, 1.165) is 29.9 Å². The predicted molar refractivity (Wildman–Crippen MR) is 91.9 cm³/mol. The Morgan fingerprint density at radius 1 is 1.23 bits per heavy atom. The van der Waals surface area contributed by atoms with Crippen LogP contribution in [0.15, 0.2) is 22.7 Å². The molecule has 0 radical (unpaired) electrons. The van der Waals surface area contributed by atoms with Gasteiger partial charge in [-0.25, -0.2) is 0 Å². The van der Waals surface area contributed by atoms with Gasteiger partial charge in [0.05, 0.1) is 29.9 Å². The fourth-order valence-corrected chi connectivity index (χ4v) is 3.36. The molecule has 1 fully saturated rings. The lowest BCUT2D eigenvalue weighted by Gasteiger charge is -2.35. The molecule has 0 saturated carbocycles. The Bertz CT molecular complexity index is 465. The molecule has 4 nitrogen and oxygen atoms in total. The predicted octanol–water partition coefficient (Wildman–Crippen LogP) is 3.61. The zero-order chi connectivity index (χ0) is 15.9. The Hall–Kier alpha value is -0.330. The minimum absolute atomic E-state index is 0.300. The van der Waals surface area contributed by atoms with E-state index in [1.165, 1.54) is 0 Å². The van der Waals surface area contributed by atoms with Crippen molar-refractivity contribution in [1.29, 1.82) is 0 Å². The van der Waals surface area contributed by atoms with Crippen molar-refractivity contribution in [1.82, 2.24) is 4.90 Å². The second-order valence-electron chi connectivity index (χ2n) is 5.55. The molecule has 2 atom stereocenters. The van der Waals surface area contributed by atoms with E-state index in [-0.39, 0.29) is 0 Å². The van der Waals surface area contributed by atoms with Gasteiger partial charge in [0.25, 0.3) is 0 Å². The summed E-state index contributed by atoms with van der Waals surface area (Å²) in [4.78, 5) is 2.38. The third-order valence-corrected chi connectivity index (χ3v) is 4.28. The van der Waals surface area contributed by atoms with Crippen molar-refractivity contribution in [3.8, 4) is 5.75 Å². The van der Waals surface area contributed by atoms with E-state index < -0.39 is 0 Å². The number of halogens is 2. The molecule has 0 aromatic heterocycles. The summed E-state index contributed by atoms with van der Waals surface area (Å²) in [5.41, 5.74) is 0. The minimum Gasteiger partial charge on any atom is -0.490 e. The van der Waals surface area contributed by atoms with Gasteiger partial charge in [-0.3, -0.25) is 4.90 Å². The molecule has 1 aromatic carbocycles. The number of hydrogen-bond donors (Lipinski definition) is 0. The molecule has 1 heterocycles. The molecule has 124 valence electrons. The number of benzene rings is 1. The summed E-state index contributed by atoms with van der Waals surface area (Å²) < 4.78 is 17.9. The fourth-order valence-electron chi connectivity index (χ4n) is 2.57. The van der Waals surface area contributed by atoms with Crippen LogP contribution in [0, 0.1) is 0 Å². The largest absolute Gasteiger partial charge is 0.490 e. The molecule has 1 aromatic rings. The minimum atomic E-state index is 0.300. The van der Waals surface area contributed by atoms with Gasteiger partial charge in [0, 0.05) is 24.7 Å². The summed E-state index contributed by atoms with van der Waals surface area (Å²) in [6.07, 6.45) is 0.601. The van der Waals surface area contributed by atoms with Crippen molar-refractivity contribution in [2.45, 2.75) is 26.1 Å². The summed E-state index contributed by atoms with van der Waals surface area (Å²) in [5, 5.41) is 0.685. The van der Waals surface area contributed by atoms with E-state index in [1.807, 2.05) is 18.2 Å². The summed E-state index contributed by atoms with van der Waals surface area (Å²) in [6.45, 7) is 8.92. The van der Waals surface area contributed by atoms with Crippen molar-refractivity contribution in [2.24, 2.45) is 0 Å². The highest BCUT2D eigenvalue weighted by atomic mass is 79.9. The topological polar surface area (TPSA) is 30.9 Å². The number of hydrogen-bond acceptors (Lipinski definition) is 4. The molecular weight excluding hydrogens is 370 g/mol. The highest BCUT2D eigenvalue weighted by Crippen LogP contribution is 2.27.